The highest BCUT2D eigenvalue weighted by molar-refractivity contribution is 5.98. The highest BCUT2D eigenvalue weighted by Crippen LogP contribution is 2.39. The van der Waals surface area contributed by atoms with Crippen molar-refractivity contribution in [2.24, 2.45) is 0 Å². The molecule has 0 aliphatic rings. The van der Waals surface area contributed by atoms with Crippen molar-refractivity contribution in [2.45, 2.75) is 90.0 Å². The van der Waals surface area contributed by atoms with Gasteiger partial charge in [0.1, 0.15) is 28.9 Å². The van der Waals surface area contributed by atoms with Gasteiger partial charge < -0.3 is 19.5 Å². The van der Waals surface area contributed by atoms with Crippen LogP contribution in [0.5, 0.6) is 17.2 Å². The number of tetrazole rings is 1. The van der Waals surface area contributed by atoms with Gasteiger partial charge in [-0.3, -0.25) is 4.79 Å². The molecule has 0 fully saturated rings. The lowest BCUT2D eigenvalue weighted by Gasteiger charge is -2.18. The molecule has 0 aliphatic heterocycles. The Balaban J connectivity index is 1.64. The Labute approximate surface area is 238 Å². The molecule has 3 rings (SSSR count). The van der Waals surface area contributed by atoms with Crippen LogP contribution in [0.2, 0.25) is 0 Å². The summed E-state index contributed by atoms with van der Waals surface area (Å²) in [6.45, 7) is 2.94. The smallest absolute Gasteiger partial charge is 0.235 e. The Bertz CT molecular complexity index is 1130. The molecule has 0 bridgehead atoms. The summed E-state index contributed by atoms with van der Waals surface area (Å²) in [5.74, 6) is 0.884. The Morgan fingerprint density at radius 3 is 2.02 bits per heavy atom. The van der Waals surface area contributed by atoms with Crippen LogP contribution in [0.1, 0.15) is 88.4 Å². The molecule has 0 aliphatic carbocycles. The largest absolute Gasteiger partial charge is 0.496 e. The third-order valence-corrected chi connectivity index (χ3v) is 7.05. The molecule has 1 heterocycles. The number of benzene rings is 2. The second-order valence-electron chi connectivity index (χ2n) is 10.1. The minimum atomic E-state index is -0.652. The number of hydrogen-bond donors (Lipinski definition) is 1. The van der Waals surface area contributed by atoms with Gasteiger partial charge in [-0.05, 0) is 23.6 Å². The molecule has 1 atom stereocenters. The molecule has 0 radical (unpaired) electrons. The lowest BCUT2D eigenvalue weighted by Crippen LogP contribution is -2.25. The minimum absolute atomic E-state index is 0.274. The fourth-order valence-corrected chi connectivity index (χ4v) is 4.72. The average Bonchev–Trinajstić information content (AvgIpc) is 3.45. The van der Waals surface area contributed by atoms with Crippen LogP contribution in [0.25, 0.3) is 0 Å². The van der Waals surface area contributed by atoms with Gasteiger partial charge in [-0.2, -0.15) is 4.80 Å². The third kappa shape index (κ3) is 9.54. The number of rotatable bonds is 19. The number of anilines is 1. The Kier molecular flexibility index (Phi) is 13.3. The maximum atomic E-state index is 13.7. The van der Waals surface area contributed by atoms with Gasteiger partial charge in [-0.1, -0.05) is 95.0 Å². The van der Waals surface area contributed by atoms with Crippen LogP contribution < -0.4 is 19.5 Å². The Morgan fingerprint density at radius 2 is 1.45 bits per heavy atom. The van der Waals surface area contributed by atoms with E-state index in [1.807, 2.05) is 30.3 Å². The highest BCUT2D eigenvalue weighted by atomic mass is 16.5. The van der Waals surface area contributed by atoms with Gasteiger partial charge in [0.25, 0.3) is 0 Å². The van der Waals surface area contributed by atoms with Crippen LogP contribution >= 0.6 is 0 Å². The van der Waals surface area contributed by atoms with Crippen molar-refractivity contribution in [3.05, 3.63) is 53.9 Å². The van der Waals surface area contributed by atoms with Gasteiger partial charge in [0.2, 0.25) is 5.91 Å². The van der Waals surface area contributed by atoms with E-state index in [2.05, 4.69) is 27.7 Å². The first-order valence-corrected chi connectivity index (χ1v) is 14.5. The van der Waals surface area contributed by atoms with E-state index in [0.717, 1.165) is 18.4 Å². The first-order chi connectivity index (χ1) is 19.6. The van der Waals surface area contributed by atoms with E-state index in [9.17, 15) is 4.79 Å². The fourth-order valence-electron chi connectivity index (χ4n) is 4.72. The molecule has 2 aromatic carbocycles. The van der Waals surface area contributed by atoms with E-state index in [1.54, 1.807) is 24.0 Å². The maximum absolute atomic E-state index is 13.7. The van der Waals surface area contributed by atoms with E-state index >= 15 is 0 Å². The molecule has 1 aromatic heterocycles. The van der Waals surface area contributed by atoms with Gasteiger partial charge in [-0.15, -0.1) is 10.2 Å². The molecular weight excluding hydrogens is 506 g/mol. The first-order valence-electron chi connectivity index (χ1n) is 14.5. The average molecular weight is 552 g/mol. The lowest BCUT2D eigenvalue weighted by molar-refractivity contribution is -0.117. The van der Waals surface area contributed by atoms with Crippen molar-refractivity contribution in [3.8, 4) is 17.2 Å². The number of nitrogens with zero attached hydrogens (tertiary/aromatic N) is 4. The molecule has 1 N–H and O–H groups in total. The molecule has 9 nitrogen and oxygen atoms in total. The van der Waals surface area contributed by atoms with Gasteiger partial charge in [-0.25, -0.2) is 0 Å². The number of aryl methyl sites for hydroxylation is 1. The summed E-state index contributed by atoms with van der Waals surface area (Å²) in [6, 6.07) is 13.2. The summed E-state index contributed by atoms with van der Waals surface area (Å²) in [7, 11) is 4.63. The number of aromatic nitrogens is 4. The molecule has 1 amide bonds. The zero-order valence-electron chi connectivity index (χ0n) is 24.5. The quantitative estimate of drug-likeness (QED) is 0.168. The second kappa shape index (κ2) is 17.2. The zero-order chi connectivity index (χ0) is 28.6. The Morgan fingerprint density at radius 1 is 0.850 bits per heavy atom. The monoisotopic (exact) mass is 551 g/mol. The van der Waals surface area contributed by atoms with E-state index in [1.165, 1.54) is 65.6 Å². The number of hydrogen-bond acceptors (Lipinski definition) is 7. The number of ether oxygens (including phenoxy) is 3. The molecule has 0 saturated heterocycles. The lowest BCUT2D eigenvalue weighted by atomic mass is 9.97. The van der Waals surface area contributed by atoms with Crippen LogP contribution in [0.3, 0.4) is 0 Å². The summed E-state index contributed by atoms with van der Waals surface area (Å²) in [4.78, 5) is 15.3. The number of carbonyl (C=O) groups is 1. The van der Waals surface area contributed by atoms with Crippen LogP contribution in [0.4, 0.5) is 5.69 Å². The highest BCUT2D eigenvalue weighted by Gasteiger charge is 2.28. The normalized spacial score (nSPS) is 11.7. The topological polar surface area (TPSA) is 100 Å². The zero-order valence-corrected chi connectivity index (χ0v) is 24.5. The van der Waals surface area contributed by atoms with Gasteiger partial charge in [0.05, 0.1) is 27.9 Å². The summed E-state index contributed by atoms with van der Waals surface area (Å²) in [5, 5.41) is 16.1. The van der Waals surface area contributed by atoms with Gasteiger partial charge in [0, 0.05) is 12.1 Å². The standard InChI is InChI=1S/C31H45N5O4/c1-5-6-7-8-9-10-11-12-13-17-20-36-34-30(33-35-36)26(21-24-18-15-14-16-19-24)31(37)32-29-27(39-3)22-25(38-2)23-28(29)40-4/h14-16,18-19,22-23,26H,5-13,17,20-21H2,1-4H3,(H,32,37). The minimum Gasteiger partial charge on any atom is -0.496 e. The van der Waals surface area contributed by atoms with Crippen molar-refractivity contribution >= 4 is 11.6 Å². The van der Waals surface area contributed by atoms with E-state index < -0.39 is 5.92 Å². The van der Waals surface area contributed by atoms with Crippen LogP contribution in [-0.4, -0.2) is 47.4 Å². The molecule has 1 unspecified atom stereocenters. The van der Waals surface area contributed by atoms with Crippen LogP contribution in [0, 0.1) is 0 Å². The summed E-state index contributed by atoms with van der Waals surface area (Å²) in [5.41, 5.74) is 1.42. The van der Waals surface area contributed by atoms with Crippen LogP contribution in [-0.2, 0) is 17.8 Å². The van der Waals surface area contributed by atoms with Gasteiger partial charge >= 0.3 is 0 Å². The van der Waals surface area contributed by atoms with Crippen molar-refractivity contribution in [3.63, 3.8) is 0 Å². The molecular formula is C31H45N5O4. The van der Waals surface area contributed by atoms with Crippen molar-refractivity contribution in [1.82, 2.24) is 20.2 Å². The molecule has 40 heavy (non-hydrogen) atoms. The SMILES string of the molecule is CCCCCCCCCCCCn1nnc(C(Cc2ccccc2)C(=O)Nc2c(OC)cc(OC)cc2OC)n1. The van der Waals surface area contributed by atoms with Crippen molar-refractivity contribution in [1.29, 1.82) is 0 Å². The van der Waals surface area contributed by atoms with Crippen LogP contribution in [0.15, 0.2) is 42.5 Å². The number of methoxy groups -OCH3 is 3. The summed E-state index contributed by atoms with van der Waals surface area (Å²) >= 11 is 0. The summed E-state index contributed by atoms with van der Waals surface area (Å²) < 4.78 is 16.4. The first kappa shape index (κ1) is 30.9. The predicted octanol–water partition coefficient (Wildman–Crippen LogP) is 6.58. The molecule has 0 spiro atoms. The predicted molar refractivity (Wildman–Crippen MR) is 157 cm³/mol. The fraction of sp³-hybridized carbons (Fsp3) is 0.548. The van der Waals surface area contributed by atoms with Crippen molar-refractivity contribution < 1.29 is 19.0 Å². The van der Waals surface area contributed by atoms with E-state index in [0.29, 0.717) is 41.7 Å². The van der Waals surface area contributed by atoms with Crippen molar-refractivity contribution in [2.75, 3.05) is 26.6 Å². The summed E-state index contributed by atoms with van der Waals surface area (Å²) in [6.07, 6.45) is 13.1. The number of amides is 1. The number of nitrogens with one attached hydrogen (secondary N) is 1. The maximum Gasteiger partial charge on any atom is 0.235 e. The third-order valence-electron chi connectivity index (χ3n) is 7.05. The molecule has 218 valence electrons. The number of unbranched alkanes of at least 4 members (excludes halogenated alkanes) is 9. The molecule has 3 aromatic rings. The van der Waals surface area contributed by atoms with E-state index in [-0.39, 0.29) is 5.91 Å². The molecule has 0 saturated carbocycles. The van der Waals surface area contributed by atoms with E-state index in [4.69, 9.17) is 14.2 Å². The molecule has 9 heteroatoms. The Hall–Kier alpha value is -3.62. The second-order valence-corrected chi connectivity index (χ2v) is 10.1. The van der Waals surface area contributed by atoms with Gasteiger partial charge in [0.15, 0.2) is 5.82 Å². The number of carbonyl (C=O) groups excluding carboxylic acids is 1.